The number of benzene rings is 3. The van der Waals surface area contributed by atoms with E-state index in [0.29, 0.717) is 0 Å². The second-order valence-corrected chi connectivity index (χ2v) is 7.27. The van der Waals surface area contributed by atoms with E-state index in [1.807, 2.05) is 24.3 Å². The van der Waals surface area contributed by atoms with Crippen LogP contribution < -0.4 is 0 Å². The minimum absolute atomic E-state index is 0.788. The molecule has 27 heavy (non-hydrogen) atoms. The van der Waals surface area contributed by atoms with E-state index < -0.39 is 0 Å². The maximum absolute atomic E-state index is 5.88. The predicted molar refractivity (Wildman–Crippen MR) is 109 cm³/mol. The van der Waals surface area contributed by atoms with E-state index in [9.17, 15) is 0 Å². The Morgan fingerprint density at radius 3 is 2.30 bits per heavy atom. The second kappa shape index (κ2) is 7.14. The molecule has 0 unspecified atom stereocenters. The van der Waals surface area contributed by atoms with Gasteiger partial charge in [0.15, 0.2) is 5.58 Å². The first-order valence-electron chi connectivity index (χ1n) is 9.61. The zero-order valence-corrected chi connectivity index (χ0v) is 15.3. The summed E-state index contributed by atoms with van der Waals surface area (Å²) in [6, 6.07) is 23.3. The SMILES string of the molecule is c1ccc2c(CN3CCN(Cc4nc5ccccc5o4)CC3)cccc2c1. The van der Waals surface area contributed by atoms with Crippen molar-refractivity contribution in [1.82, 2.24) is 14.8 Å². The molecule has 0 N–H and O–H groups in total. The lowest BCUT2D eigenvalue weighted by Crippen LogP contribution is -2.45. The zero-order valence-electron chi connectivity index (χ0n) is 15.3. The average molecular weight is 357 g/mol. The van der Waals surface area contributed by atoms with Crippen molar-refractivity contribution < 1.29 is 4.42 Å². The van der Waals surface area contributed by atoms with Gasteiger partial charge in [-0.2, -0.15) is 0 Å². The molecular formula is C23H23N3O. The van der Waals surface area contributed by atoms with Gasteiger partial charge in [0, 0.05) is 32.7 Å². The van der Waals surface area contributed by atoms with Gasteiger partial charge in [0.1, 0.15) is 5.52 Å². The van der Waals surface area contributed by atoms with E-state index in [2.05, 4.69) is 57.2 Å². The molecule has 4 aromatic rings. The van der Waals surface area contributed by atoms with Gasteiger partial charge in [0.2, 0.25) is 5.89 Å². The fourth-order valence-corrected chi connectivity index (χ4v) is 3.96. The summed E-state index contributed by atoms with van der Waals surface area (Å²) in [4.78, 5) is 9.59. The van der Waals surface area contributed by atoms with Gasteiger partial charge in [0.05, 0.1) is 6.54 Å². The highest BCUT2D eigenvalue weighted by Crippen LogP contribution is 2.21. The number of piperazine rings is 1. The molecule has 5 rings (SSSR count). The molecule has 0 radical (unpaired) electrons. The number of hydrogen-bond acceptors (Lipinski definition) is 4. The van der Waals surface area contributed by atoms with E-state index in [4.69, 9.17) is 4.42 Å². The highest BCUT2D eigenvalue weighted by molar-refractivity contribution is 5.85. The average Bonchev–Trinajstić information content (AvgIpc) is 3.12. The summed E-state index contributed by atoms with van der Waals surface area (Å²) in [6.45, 7) is 6.04. The molecule has 1 aromatic heterocycles. The molecule has 4 heteroatoms. The fraction of sp³-hybridized carbons (Fsp3) is 0.261. The molecule has 3 aromatic carbocycles. The highest BCUT2D eigenvalue weighted by Gasteiger charge is 2.19. The third-order valence-electron chi connectivity index (χ3n) is 5.44. The summed E-state index contributed by atoms with van der Waals surface area (Å²) in [6.07, 6.45) is 0. The first kappa shape index (κ1) is 16.5. The topological polar surface area (TPSA) is 32.5 Å². The summed E-state index contributed by atoms with van der Waals surface area (Å²) in [5.41, 5.74) is 3.24. The van der Waals surface area contributed by atoms with Crippen LogP contribution in [0.2, 0.25) is 0 Å². The Kier molecular flexibility index (Phi) is 4.36. The molecular weight excluding hydrogens is 334 g/mol. The van der Waals surface area contributed by atoms with Crippen molar-refractivity contribution in [3.8, 4) is 0 Å². The van der Waals surface area contributed by atoms with Crippen LogP contribution in [0.25, 0.3) is 21.9 Å². The van der Waals surface area contributed by atoms with E-state index >= 15 is 0 Å². The number of para-hydroxylation sites is 2. The first-order chi connectivity index (χ1) is 13.3. The maximum Gasteiger partial charge on any atom is 0.209 e. The fourth-order valence-electron chi connectivity index (χ4n) is 3.96. The smallest absolute Gasteiger partial charge is 0.209 e. The van der Waals surface area contributed by atoms with Crippen LogP contribution in [0, 0.1) is 0 Å². The van der Waals surface area contributed by atoms with Crippen LogP contribution in [0.4, 0.5) is 0 Å². The second-order valence-electron chi connectivity index (χ2n) is 7.27. The first-order valence-corrected chi connectivity index (χ1v) is 9.61. The molecule has 1 aliphatic rings. The van der Waals surface area contributed by atoms with Crippen molar-refractivity contribution in [3.63, 3.8) is 0 Å². The molecule has 1 fully saturated rings. The van der Waals surface area contributed by atoms with E-state index in [1.54, 1.807) is 0 Å². The van der Waals surface area contributed by atoms with Crippen molar-refractivity contribution in [2.75, 3.05) is 26.2 Å². The Bertz CT molecular complexity index is 1030. The zero-order chi connectivity index (χ0) is 18.1. The molecule has 1 aliphatic heterocycles. The standard InChI is InChI=1S/C23H23N3O/c1-2-9-20-18(6-1)7-5-8-19(20)16-25-12-14-26(15-13-25)17-23-24-21-10-3-4-11-22(21)27-23/h1-11H,12-17H2. The normalized spacial score (nSPS) is 16.3. The van der Waals surface area contributed by atoms with Crippen LogP contribution in [0.5, 0.6) is 0 Å². The molecule has 136 valence electrons. The lowest BCUT2D eigenvalue weighted by atomic mass is 10.0. The Hall–Kier alpha value is -2.69. The Morgan fingerprint density at radius 2 is 1.44 bits per heavy atom. The van der Waals surface area contributed by atoms with Crippen LogP contribution >= 0.6 is 0 Å². The molecule has 0 amide bonds. The third kappa shape index (κ3) is 3.46. The van der Waals surface area contributed by atoms with Crippen LogP contribution in [0.1, 0.15) is 11.5 Å². The summed E-state index contributed by atoms with van der Waals surface area (Å²) in [5.74, 6) is 0.818. The number of hydrogen-bond donors (Lipinski definition) is 0. The van der Waals surface area contributed by atoms with Gasteiger partial charge in [0.25, 0.3) is 0 Å². The maximum atomic E-state index is 5.88. The van der Waals surface area contributed by atoms with Crippen molar-refractivity contribution in [2.24, 2.45) is 0 Å². The van der Waals surface area contributed by atoms with Gasteiger partial charge in [-0.3, -0.25) is 9.80 Å². The molecule has 4 nitrogen and oxygen atoms in total. The summed E-state index contributed by atoms with van der Waals surface area (Å²) < 4.78 is 5.88. The van der Waals surface area contributed by atoms with Gasteiger partial charge in [-0.1, -0.05) is 54.6 Å². The molecule has 0 spiro atoms. The van der Waals surface area contributed by atoms with Crippen LogP contribution in [0.15, 0.2) is 71.1 Å². The van der Waals surface area contributed by atoms with Crippen molar-refractivity contribution >= 4 is 21.9 Å². The van der Waals surface area contributed by atoms with Crippen molar-refractivity contribution in [2.45, 2.75) is 13.1 Å². The highest BCUT2D eigenvalue weighted by atomic mass is 16.3. The van der Waals surface area contributed by atoms with Crippen molar-refractivity contribution in [1.29, 1.82) is 0 Å². The van der Waals surface area contributed by atoms with E-state index in [-0.39, 0.29) is 0 Å². The molecule has 0 saturated carbocycles. The molecule has 0 bridgehead atoms. The van der Waals surface area contributed by atoms with Gasteiger partial charge in [-0.15, -0.1) is 0 Å². The van der Waals surface area contributed by atoms with E-state index in [1.165, 1.54) is 16.3 Å². The van der Waals surface area contributed by atoms with Crippen LogP contribution in [-0.2, 0) is 13.1 Å². The van der Waals surface area contributed by atoms with Crippen LogP contribution in [0.3, 0.4) is 0 Å². The minimum atomic E-state index is 0.788. The van der Waals surface area contributed by atoms with Gasteiger partial charge in [-0.25, -0.2) is 4.98 Å². The van der Waals surface area contributed by atoms with Gasteiger partial charge < -0.3 is 4.42 Å². The third-order valence-corrected chi connectivity index (χ3v) is 5.44. The lowest BCUT2D eigenvalue weighted by Gasteiger charge is -2.34. The summed E-state index contributed by atoms with van der Waals surface area (Å²) in [5, 5.41) is 2.69. The Balaban J connectivity index is 1.22. The Labute approximate surface area is 159 Å². The number of fused-ring (bicyclic) bond motifs is 2. The number of aromatic nitrogens is 1. The summed E-state index contributed by atoms with van der Waals surface area (Å²) in [7, 11) is 0. The number of oxazole rings is 1. The monoisotopic (exact) mass is 357 g/mol. The quantitative estimate of drug-likeness (QED) is 0.545. The number of rotatable bonds is 4. The van der Waals surface area contributed by atoms with Gasteiger partial charge in [-0.05, 0) is 28.5 Å². The molecule has 2 heterocycles. The number of nitrogens with zero attached hydrogens (tertiary/aromatic N) is 3. The van der Waals surface area contributed by atoms with E-state index in [0.717, 1.165) is 56.3 Å². The van der Waals surface area contributed by atoms with Gasteiger partial charge >= 0.3 is 0 Å². The van der Waals surface area contributed by atoms with Crippen LogP contribution in [-0.4, -0.2) is 41.0 Å². The predicted octanol–water partition coefficient (Wildman–Crippen LogP) is 4.30. The molecule has 0 atom stereocenters. The molecule has 1 saturated heterocycles. The molecule has 0 aliphatic carbocycles. The Morgan fingerprint density at radius 1 is 0.741 bits per heavy atom. The lowest BCUT2D eigenvalue weighted by molar-refractivity contribution is 0.115. The minimum Gasteiger partial charge on any atom is -0.439 e. The largest absolute Gasteiger partial charge is 0.439 e. The summed E-state index contributed by atoms with van der Waals surface area (Å²) >= 11 is 0. The van der Waals surface area contributed by atoms with Crippen molar-refractivity contribution in [3.05, 3.63) is 78.2 Å².